The summed E-state index contributed by atoms with van der Waals surface area (Å²) in [5.41, 5.74) is 0.875. The molecule has 0 spiro atoms. The second kappa shape index (κ2) is 9.88. The molecule has 0 bridgehead atoms. The average Bonchev–Trinajstić information content (AvgIpc) is 3.48. The lowest BCUT2D eigenvalue weighted by Gasteiger charge is -2.54. The molecule has 3 aliphatic rings. The fourth-order valence-electron chi connectivity index (χ4n) is 5.44. The summed E-state index contributed by atoms with van der Waals surface area (Å²) >= 11 is 12.3. The van der Waals surface area contributed by atoms with Crippen LogP contribution in [0.3, 0.4) is 0 Å². The number of rotatable bonds is 5. The van der Waals surface area contributed by atoms with Gasteiger partial charge in [0.05, 0.1) is 54.4 Å². The molecule has 1 aromatic carbocycles. The highest BCUT2D eigenvalue weighted by atomic mass is 35.5. The number of ether oxygens (including phenoxy) is 1. The molecule has 5 rings (SSSR count). The Morgan fingerprint density at radius 2 is 1.88 bits per heavy atom. The van der Waals surface area contributed by atoms with Crippen molar-refractivity contribution in [2.75, 3.05) is 39.4 Å². The summed E-state index contributed by atoms with van der Waals surface area (Å²) in [6, 6.07) is 5.71. The number of carbonyl (C=O) groups is 1. The van der Waals surface area contributed by atoms with Gasteiger partial charge in [0, 0.05) is 13.1 Å². The SMILES string of the molecule is Cc1noc(CN2CCN(C(=O)Cc3ccc(Cl)c(Cl)c3)[C@H]3[C@H]2COC[C@@H]3N2CCCC2)n1. The highest BCUT2D eigenvalue weighted by Gasteiger charge is 2.48. The maximum atomic E-state index is 13.6. The Hall–Kier alpha value is -1.71. The van der Waals surface area contributed by atoms with E-state index in [0.29, 0.717) is 54.5 Å². The second-order valence-corrected chi connectivity index (χ2v) is 9.94. The Kier molecular flexibility index (Phi) is 6.90. The van der Waals surface area contributed by atoms with E-state index in [9.17, 15) is 4.79 Å². The van der Waals surface area contributed by atoms with Crippen LogP contribution in [-0.2, 0) is 22.5 Å². The molecule has 0 radical (unpaired) electrons. The van der Waals surface area contributed by atoms with Crippen molar-refractivity contribution >= 4 is 29.1 Å². The Labute approximate surface area is 203 Å². The first-order valence-electron chi connectivity index (χ1n) is 11.6. The molecular weight excluding hydrogens is 465 g/mol. The number of halogens is 2. The minimum atomic E-state index is 0.0462. The summed E-state index contributed by atoms with van der Waals surface area (Å²) in [5.74, 6) is 1.35. The number of hydrogen-bond acceptors (Lipinski definition) is 7. The largest absolute Gasteiger partial charge is 0.378 e. The summed E-state index contributed by atoms with van der Waals surface area (Å²) in [4.78, 5) is 24.9. The van der Waals surface area contributed by atoms with Crippen LogP contribution in [0.2, 0.25) is 10.0 Å². The van der Waals surface area contributed by atoms with Crippen molar-refractivity contribution in [1.29, 1.82) is 0 Å². The van der Waals surface area contributed by atoms with E-state index in [1.807, 2.05) is 13.0 Å². The molecule has 3 fully saturated rings. The molecule has 3 atom stereocenters. The minimum absolute atomic E-state index is 0.0462. The van der Waals surface area contributed by atoms with E-state index < -0.39 is 0 Å². The summed E-state index contributed by atoms with van der Waals surface area (Å²) in [7, 11) is 0. The number of nitrogens with zero attached hydrogens (tertiary/aromatic N) is 5. The highest BCUT2D eigenvalue weighted by Crippen LogP contribution is 2.31. The van der Waals surface area contributed by atoms with E-state index in [1.165, 1.54) is 12.8 Å². The third-order valence-corrected chi connectivity index (χ3v) is 7.74. The standard InChI is InChI=1S/C23H29Cl2N5O3/c1-15-26-21(33-27-15)12-29-8-9-30(22(31)11-16-4-5-17(24)18(25)10-16)23-19(13-32-14-20(23)29)28-6-2-3-7-28/h4-5,10,19-20,23H,2-3,6-9,11-14H2,1H3/t19-,20+,23+/m0/s1. The summed E-state index contributed by atoms with van der Waals surface area (Å²) in [5, 5.41) is 4.90. The fourth-order valence-corrected chi connectivity index (χ4v) is 5.76. The van der Waals surface area contributed by atoms with E-state index in [1.54, 1.807) is 12.1 Å². The van der Waals surface area contributed by atoms with Gasteiger partial charge in [-0.2, -0.15) is 4.98 Å². The van der Waals surface area contributed by atoms with Crippen molar-refractivity contribution in [2.45, 2.75) is 50.9 Å². The van der Waals surface area contributed by atoms with Gasteiger partial charge in [0.15, 0.2) is 5.82 Å². The molecule has 4 heterocycles. The topological polar surface area (TPSA) is 74.9 Å². The van der Waals surface area contributed by atoms with Crippen LogP contribution in [-0.4, -0.2) is 88.3 Å². The van der Waals surface area contributed by atoms with Crippen LogP contribution >= 0.6 is 23.2 Å². The first-order chi connectivity index (χ1) is 16.0. The van der Waals surface area contributed by atoms with E-state index in [0.717, 1.165) is 25.2 Å². The minimum Gasteiger partial charge on any atom is -0.378 e. The molecule has 1 amide bonds. The Bertz CT molecular complexity index is 996. The van der Waals surface area contributed by atoms with E-state index in [2.05, 4.69) is 24.8 Å². The molecular formula is C23H29Cl2N5O3. The molecule has 33 heavy (non-hydrogen) atoms. The van der Waals surface area contributed by atoms with Crippen molar-refractivity contribution in [1.82, 2.24) is 24.8 Å². The zero-order chi connectivity index (χ0) is 22.9. The van der Waals surface area contributed by atoms with Crippen molar-refractivity contribution in [3.05, 3.63) is 45.5 Å². The molecule has 0 aliphatic carbocycles. The van der Waals surface area contributed by atoms with Crippen LogP contribution in [0.25, 0.3) is 0 Å². The number of carbonyl (C=O) groups excluding carboxylic acids is 1. The van der Waals surface area contributed by atoms with Crippen molar-refractivity contribution in [2.24, 2.45) is 0 Å². The molecule has 0 saturated carbocycles. The fraction of sp³-hybridized carbons (Fsp3) is 0.609. The normalized spacial score (nSPS) is 26.5. The monoisotopic (exact) mass is 493 g/mol. The van der Waals surface area contributed by atoms with Gasteiger partial charge in [-0.15, -0.1) is 0 Å². The second-order valence-electron chi connectivity index (χ2n) is 9.12. The molecule has 0 unspecified atom stereocenters. The van der Waals surface area contributed by atoms with Crippen LogP contribution in [0.15, 0.2) is 22.7 Å². The predicted molar refractivity (Wildman–Crippen MR) is 124 cm³/mol. The first kappa shape index (κ1) is 23.1. The number of hydrogen-bond donors (Lipinski definition) is 0. The quantitative estimate of drug-likeness (QED) is 0.633. The van der Waals surface area contributed by atoms with Crippen LogP contribution < -0.4 is 0 Å². The van der Waals surface area contributed by atoms with Crippen LogP contribution in [0.5, 0.6) is 0 Å². The third kappa shape index (κ3) is 4.91. The highest BCUT2D eigenvalue weighted by molar-refractivity contribution is 6.42. The number of benzene rings is 1. The molecule has 8 nitrogen and oxygen atoms in total. The van der Waals surface area contributed by atoms with Gasteiger partial charge in [0.1, 0.15) is 0 Å². The lowest BCUT2D eigenvalue weighted by atomic mass is 9.91. The van der Waals surface area contributed by atoms with Crippen molar-refractivity contribution in [3.63, 3.8) is 0 Å². The summed E-state index contributed by atoms with van der Waals surface area (Å²) in [6.07, 6.45) is 2.68. The zero-order valence-electron chi connectivity index (χ0n) is 18.8. The third-order valence-electron chi connectivity index (χ3n) is 7.00. The Morgan fingerprint density at radius 1 is 1.09 bits per heavy atom. The zero-order valence-corrected chi connectivity index (χ0v) is 20.3. The molecule has 178 valence electrons. The van der Waals surface area contributed by atoms with Crippen LogP contribution in [0.1, 0.15) is 30.1 Å². The van der Waals surface area contributed by atoms with Crippen LogP contribution in [0.4, 0.5) is 0 Å². The van der Waals surface area contributed by atoms with E-state index >= 15 is 0 Å². The predicted octanol–water partition coefficient (Wildman–Crippen LogP) is 2.80. The van der Waals surface area contributed by atoms with Gasteiger partial charge in [-0.25, -0.2) is 0 Å². The molecule has 3 saturated heterocycles. The molecule has 3 aliphatic heterocycles. The van der Waals surface area contributed by atoms with Gasteiger partial charge >= 0.3 is 0 Å². The molecule has 0 N–H and O–H groups in total. The van der Waals surface area contributed by atoms with Gasteiger partial charge in [0.25, 0.3) is 0 Å². The number of likely N-dealkylation sites (tertiary alicyclic amines) is 1. The lowest BCUT2D eigenvalue weighted by Crippen LogP contribution is -2.71. The van der Waals surface area contributed by atoms with Crippen LogP contribution in [0, 0.1) is 6.92 Å². The number of fused-ring (bicyclic) bond motifs is 1. The molecule has 1 aromatic heterocycles. The number of amides is 1. The lowest BCUT2D eigenvalue weighted by molar-refractivity contribution is -0.153. The van der Waals surface area contributed by atoms with Gasteiger partial charge < -0.3 is 14.2 Å². The van der Waals surface area contributed by atoms with Gasteiger partial charge in [0.2, 0.25) is 11.8 Å². The number of aryl methyl sites for hydroxylation is 1. The first-order valence-corrected chi connectivity index (χ1v) is 12.3. The molecule has 10 heteroatoms. The summed E-state index contributed by atoms with van der Waals surface area (Å²) < 4.78 is 11.5. The maximum absolute atomic E-state index is 13.6. The maximum Gasteiger partial charge on any atom is 0.240 e. The van der Waals surface area contributed by atoms with Crippen molar-refractivity contribution in [3.8, 4) is 0 Å². The Balaban J connectivity index is 1.39. The van der Waals surface area contributed by atoms with Gasteiger partial charge in [-0.3, -0.25) is 14.6 Å². The van der Waals surface area contributed by atoms with E-state index in [-0.39, 0.29) is 24.0 Å². The molecule has 2 aromatic rings. The average molecular weight is 494 g/mol. The Morgan fingerprint density at radius 3 is 2.61 bits per heavy atom. The number of piperazine rings is 1. The summed E-state index contributed by atoms with van der Waals surface area (Å²) in [6.45, 7) is 7.09. The van der Waals surface area contributed by atoms with E-state index in [4.69, 9.17) is 32.5 Å². The number of aromatic nitrogens is 2. The van der Waals surface area contributed by atoms with Crippen molar-refractivity contribution < 1.29 is 14.1 Å². The van der Waals surface area contributed by atoms with Gasteiger partial charge in [-0.1, -0.05) is 34.4 Å². The smallest absolute Gasteiger partial charge is 0.240 e. The van der Waals surface area contributed by atoms with Gasteiger partial charge in [-0.05, 0) is 50.6 Å².